The van der Waals surface area contributed by atoms with Crippen molar-refractivity contribution in [1.82, 2.24) is 9.88 Å². The quantitative estimate of drug-likeness (QED) is 0.299. The predicted molar refractivity (Wildman–Crippen MR) is 137 cm³/mol. The molecule has 1 unspecified atom stereocenters. The van der Waals surface area contributed by atoms with Crippen LogP contribution in [0, 0.1) is 0 Å². The van der Waals surface area contributed by atoms with E-state index in [1.807, 2.05) is 24.3 Å². The summed E-state index contributed by atoms with van der Waals surface area (Å²) in [4.78, 5) is 32.3. The standard InChI is InChI=1S/C29H30N2O5/c1-29(2,3)19-10-11-23(36-5)21(16-19)26(32)24-25(20-8-6-7-9-22(20)35-4)31(28(34)27(24)33)17-18-12-14-30-15-13-18/h6-16,25,32H,17H2,1-5H3/b26-24+. The number of pyridine rings is 1. The molecule has 1 fully saturated rings. The van der Waals surface area contributed by atoms with E-state index in [2.05, 4.69) is 25.8 Å². The average Bonchev–Trinajstić information content (AvgIpc) is 3.12. The fraction of sp³-hybridized carbons (Fsp3) is 0.276. The van der Waals surface area contributed by atoms with Crippen LogP contribution in [-0.4, -0.2) is 40.9 Å². The van der Waals surface area contributed by atoms with Crippen LogP contribution >= 0.6 is 0 Å². The topological polar surface area (TPSA) is 89.0 Å². The Hall–Kier alpha value is -4.13. The molecule has 1 aliphatic rings. The molecular formula is C29H30N2O5. The number of carbonyl (C=O) groups is 2. The smallest absolute Gasteiger partial charge is 0.295 e. The van der Waals surface area contributed by atoms with Crippen LogP contribution in [0.25, 0.3) is 5.76 Å². The molecule has 1 aliphatic heterocycles. The first-order chi connectivity index (χ1) is 17.2. The lowest BCUT2D eigenvalue weighted by Gasteiger charge is -2.27. The summed E-state index contributed by atoms with van der Waals surface area (Å²) in [7, 11) is 3.03. The Kier molecular flexibility index (Phi) is 6.84. The molecular weight excluding hydrogens is 456 g/mol. The highest BCUT2D eigenvalue weighted by Crippen LogP contribution is 2.44. The molecule has 0 radical (unpaired) electrons. The van der Waals surface area contributed by atoms with Gasteiger partial charge in [-0.3, -0.25) is 14.6 Å². The summed E-state index contributed by atoms with van der Waals surface area (Å²) in [6.07, 6.45) is 3.26. The zero-order valence-electron chi connectivity index (χ0n) is 21.1. The number of aliphatic hydroxyl groups excluding tert-OH is 1. The number of likely N-dealkylation sites (tertiary alicyclic amines) is 1. The van der Waals surface area contributed by atoms with Crippen molar-refractivity contribution in [1.29, 1.82) is 0 Å². The van der Waals surface area contributed by atoms with E-state index in [1.165, 1.54) is 19.1 Å². The molecule has 1 N–H and O–H groups in total. The average molecular weight is 487 g/mol. The van der Waals surface area contributed by atoms with Crippen molar-refractivity contribution in [2.24, 2.45) is 0 Å². The van der Waals surface area contributed by atoms with E-state index in [0.29, 0.717) is 22.6 Å². The highest BCUT2D eigenvalue weighted by molar-refractivity contribution is 6.46. The van der Waals surface area contributed by atoms with Crippen molar-refractivity contribution in [3.8, 4) is 11.5 Å². The summed E-state index contributed by atoms with van der Waals surface area (Å²) in [5.74, 6) is -0.842. The molecule has 7 heteroatoms. The fourth-order valence-electron chi connectivity index (χ4n) is 4.45. The van der Waals surface area contributed by atoms with Gasteiger partial charge in [0.05, 0.1) is 31.4 Å². The lowest BCUT2D eigenvalue weighted by molar-refractivity contribution is -0.140. The van der Waals surface area contributed by atoms with Gasteiger partial charge >= 0.3 is 0 Å². The van der Waals surface area contributed by atoms with Crippen LogP contribution in [0.3, 0.4) is 0 Å². The summed E-state index contributed by atoms with van der Waals surface area (Å²) < 4.78 is 11.1. The van der Waals surface area contributed by atoms with Crippen molar-refractivity contribution in [2.45, 2.75) is 38.8 Å². The molecule has 1 saturated heterocycles. The number of nitrogens with zero attached hydrogens (tertiary/aromatic N) is 2. The zero-order chi connectivity index (χ0) is 26.0. The first kappa shape index (κ1) is 25.0. The SMILES string of the molecule is COc1ccc(C(C)(C)C)cc1/C(O)=C1\C(=O)C(=O)N(Cc2ccncc2)C1c1ccccc1OC. The van der Waals surface area contributed by atoms with Gasteiger partial charge in [-0.05, 0) is 46.9 Å². The van der Waals surface area contributed by atoms with Crippen molar-refractivity contribution < 1.29 is 24.2 Å². The fourth-order valence-corrected chi connectivity index (χ4v) is 4.45. The van der Waals surface area contributed by atoms with Gasteiger partial charge in [0.2, 0.25) is 0 Å². The number of Topliss-reactive ketones (excluding diaryl/α,β-unsaturated/α-hetero) is 1. The van der Waals surface area contributed by atoms with Crippen molar-refractivity contribution in [3.63, 3.8) is 0 Å². The molecule has 0 saturated carbocycles. The predicted octanol–water partition coefficient (Wildman–Crippen LogP) is 5.02. The van der Waals surface area contributed by atoms with E-state index >= 15 is 0 Å². The molecule has 1 amide bonds. The minimum Gasteiger partial charge on any atom is -0.507 e. The maximum absolute atomic E-state index is 13.5. The number of ketones is 1. The largest absolute Gasteiger partial charge is 0.507 e. The molecule has 186 valence electrons. The van der Waals surface area contributed by atoms with E-state index in [4.69, 9.17) is 9.47 Å². The van der Waals surface area contributed by atoms with Gasteiger partial charge in [-0.15, -0.1) is 0 Å². The Morgan fingerprint density at radius 3 is 2.28 bits per heavy atom. The van der Waals surface area contributed by atoms with E-state index < -0.39 is 17.7 Å². The number of hydrogen-bond donors (Lipinski definition) is 1. The van der Waals surface area contributed by atoms with Crippen molar-refractivity contribution in [3.05, 3.63) is 94.8 Å². The molecule has 36 heavy (non-hydrogen) atoms. The molecule has 2 heterocycles. The Balaban J connectivity index is 1.96. The van der Waals surface area contributed by atoms with Crippen molar-refractivity contribution >= 4 is 17.4 Å². The molecule has 1 atom stereocenters. The number of hydrogen-bond acceptors (Lipinski definition) is 6. The van der Waals surface area contributed by atoms with Crippen molar-refractivity contribution in [2.75, 3.05) is 14.2 Å². The van der Waals surface area contributed by atoms with E-state index in [-0.39, 0.29) is 23.3 Å². The highest BCUT2D eigenvalue weighted by Gasteiger charge is 2.47. The molecule has 4 rings (SSSR count). The summed E-state index contributed by atoms with van der Waals surface area (Å²) in [5.41, 5.74) is 2.48. The van der Waals surface area contributed by atoms with E-state index in [9.17, 15) is 14.7 Å². The molecule has 3 aromatic rings. The van der Waals surface area contributed by atoms with Gasteiger partial charge in [-0.25, -0.2) is 0 Å². The molecule has 0 aliphatic carbocycles. The Labute approximate surface area is 211 Å². The van der Waals surface area contributed by atoms with E-state index in [0.717, 1.165) is 11.1 Å². The number of amides is 1. The lowest BCUT2D eigenvalue weighted by Crippen LogP contribution is -2.29. The number of rotatable bonds is 6. The Morgan fingerprint density at radius 2 is 1.64 bits per heavy atom. The summed E-state index contributed by atoms with van der Waals surface area (Å²) in [5, 5.41) is 11.6. The summed E-state index contributed by atoms with van der Waals surface area (Å²) >= 11 is 0. The molecule has 1 aromatic heterocycles. The molecule has 7 nitrogen and oxygen atoms in total. The third kappa shape index (κ3) is 4.56. The first-order valence-corrected chi connectivity index (χ1v) is 11.7. The maximum atomic E-state index is 13.5. The second-order valence-corrected chi connectivity index (χ2v) is 9.69. The number of aliphatic hydroxyl groups is 1. The maximum Gasteiger partial charge on any atom is 0.295 e. The van der Waals surface area contributed by atoms with Crippen LogP contribution in [0.1, 0.15) is 49.1 Å². The number of methoxy groups -OCH3 is 2. The third-order valence-electron chi connectivity index (χ3n) is 6.40. The van der Waals surface area contributed by atoms with Crippen LogP contribution in [0.15, 0.2) is 72.6 Å². The first-order valence-electron chi connectivity index (χ1n) is 11.7. The van der Waals surface area contributed by atoms with Crippen LogP contribution in [0.2, 0.25) is 0 Å². The van der Waals surface area contributed by atoms with Crippen LogP contribution in [0.4, 0.5) is 0 Å². The second-order valence-electron chi connectivity index (χ2n) is 9.69. The summed E-state index contributed by atoms with van der Waals surface area (Å²) in [6, 6.07) is 15.4. The van der Waals surface area contributed by atoms with Gasteiger partial charge in [0, 0.05) is 24.5 Å². The minimum atomic E-state index is -0.864. The lowest BCUT2D eigenvalue weighted by atomic mass is 9.85. The van der Waals surface area contributed by atoms with Crippen LogP contribution in [-0.2, 0) is 21.5 Å². The Bertz CT molecular complexity index is 1320. The van der Waals surface area contributed by atoms with Gasteiger partial charge in [0.1, 0.15) is 17.3 Å². The number of benzene rings is 2. The second kappa shape index (κ2) is 9.85. The number of carbonyl (C=O) groups excluding carboxylic acids is 2. The number of para-hydroxylation sites is 1. The van der Waals surface area contributed by atoms with Gasteiger partial charge in [-0.1, -0.05) is 45.0 Å². The van der Waals surface area contributed by atoms with Gasteiger partial charge in [-0.2, -0.15) is 0 Å². The van der Waals surface area contributed by atoms with Crippen LogP contribution < -0.4 is 9.47 Å². The van der Waals surface area contributed by atoms with E-state index in [1.54, 1.807) is 42.7 Å². The zero-order valence-corrected chi connectivity index (χ0v) is 21.1. The van der Waals surface area contributed by atoms with Gasteiger partial charge in [0.15, 0.2) is 0 Å². The highest BCUT2D eigenvalue weighted by atomic mass is 16.5. The normalized spacial score (nSPS) is 17.4. The monoisotopic (exact) mass is 486 g/mol. The molecule has 0 spiro atoms. The van der Waals surface area contributed by atoms with Gasteiger partial charge < -0.3 is 19.5 Å². The van der Waals surface area contributed by atoms with Gasteiger partial charge in [0.25, 0.3) is 11.7 Å². The summed E-state index contributed by atoms with van der Waals surface area (Å²) in [6.45, 7) is 6.33. The molecule has 2 aromatic carbocycles. The molecule has 0 bridgehead atoms. The minimum absolute atomic E-state index is 0.0112. The Morgan fingerprint density at radius 1 is 0.972 bits per heavy atom. The van der Waals surface area contributed by atoms with Crippen LogP contribution in [0.5, 0.6) is 11.5 Å². The number of aromatic nitrogens is 1. The third-order valence-corrected chi connectivity index (χ3v) is 6.40. The number of ether oxygens (including phenoxy) is 2.